The van der Waals surface area contributed by atoms with E-state index < -0.39 is 0 Å². The zero-order valence-electron chi connectivity index (χ0n) is 56.7. The summed E-state index contributed by atoms with van der Waals surface area (Å²) in [6.07, 6.45) is 0. The van der Waals surface area contributed by atoms with E-state index >= 15 is 0 Å². The Morgan fingerprint density at radius 1 is 0.125 bits per heavy atom. The molecule has 4 heteroatoms. The van der Waals surface area contributed by atoms with Gasteiger partial charge < -0.3 is 18.3 Å². The van der Waals surface area contributed by atoms with Crippen LogP contribution in [0.15, 0.2) is 388 Å². The monoisotopic (exact) mass is 1320 g/mol. The molecule has 4 heterocycles. The molecule has 0 spiro atoms. The third-order valence-electron chi connectivity index (χ3n) is 21.8. The molecular formula is C100H64N4. The second-order valence-corrected chi connectivity index (χ2v) is 27.6. The Kier molecular flexibility index (Phi) is 13.6. The van der Waals surface area contributed by atoms with E-state index in [1.165, 1.54) is 198 Å². The molecule has 0 N–H and O–H groups in total. The molecule has 0 saturated heterocycles. The maximum Gasteiger partial charge on any atom is 0.0541 e. The van der Waals surface area contributed by atoms with Crippen LogP contribution in [0.5, 0.6) is 0 Å². The van der Waals surface area contributed by atoms with Gasteiger partial charge in [0.2, 0.25) is 0 Å². The van der Waals surface area contributed by atoms with Crippen LogP contribution in [-0.2, 0) is 0 Å². The number of nitrogens with zero attached hydrogens (tertiary/aromatic N) is 4. The van der Waals surface area contributed by atoms with E-state index in [1.54, 1.807) is 0 Å². The Morgan fingerprint density at radius 3 is 0.702 bits per heavy atom. The van der Waals surface area contributed by atoms with Crippen molar-refractivity contribution in [3.8, 4) is 67.3 Å². The van der Waals surface area contributed by atoms with Crippen molar-refractivity contribution in [1.29, 1.82) is 0 Å². The molecule has 484 valence electrons. The molecule has 0 aliphatic rings. The Hall–Kier alpha value is -13.8. The van der Waals surface area contributed by atoms with Crippen LogP contribution in [0.1, 0.15) is 0 Å². The largest absolute Gasteiger partial charge is 0.309 e. The Labute approximate surface area is 600 Å². The molecule has 4 aromatic heterocycles. The van der Waals surface area contributed by atoms with E-state index in [0.717, 1.165) is 0 Å². The highest BCUT2D eigenvalue weighted by Crippen LogP contribution is 2.43. The average Bonchev–Trinajstić information content (AvgIpc) is 1.61. The standard InChI is InChI=1S/2C50H32N2/c1-3-15-39-35(11-1)13-9-21-45(39)51-47-19-7-5-17-41(47)43-31-37(27-29-49(43)51)33-23-25-34(26-24-33)38-28-30-50-44(32-38)42-18-6-8-20-48(42)52(50)46-22-10-14-36-12-2-4-16-40(36)46;1-3-11-37-29-41(25-21-33(37)9-1)51-47-15-7-5-13-43(47)45-31-39(23-27-49(45)51)35-17-19-36(20-18-35)40-24-28-50-46(32-40)44-14-6-8-16-48(44)52(50)42-26-22-34-10-2-4-12-38(34)30-42/h2*1-32H. The van der Waals surface area contributed by atoms with Crippen LogP contribution in [-0.4, -0.2) is 18.3 Å². The van der Waals surface area contributed by atoms with Gasteiger partial charge in [0.05, 0.1) is 55.5 Å². The molecule has 0 saturated carbocycles. The SMILES string of the molecule is c1ccc2c(-n3c4ccccc4c4cc(-c5ccc(-c6ccc7c(c6)c6ccccc6n7-c6cccc7ccccc67)cc5)ccc43)cccc2c1.c1ccc2cc(-n3c4ccccc4c4cc(-c5ccc(-c6ccc7c(c6)c6ccccc6n7-c6ccc7ccccc7c6)cc5)ccc43)ccc2c1. The van der Waals surface area contributed by atoms with E-state index in [-0.39, 0.29) is 0 Å². The van der Waals surface area contributed by atoms with Gasteiger partial charge in [-0.15, -0.1) is 0 Å². The van der Waals surface area contributed by atoms with Gasteiger partial charge in [-0.3, -0.25) is 0 Å². The van der Waals surface area contributed by atoms with Crippen molar-refractivity contribution in [1.82, 2.24) is 18.3 Å². The minimum atomic E-state index is 1.18. The van der Waals surface area contributed by atoms with Crippen molar-refractivity contribution in [3.63, 3.8) is 0 Å². The summed E-state index contributed by atoms with van der Waals surface area (Å²) in [5.41, 5.74) is 24.2. The number of aromatic nitrogens is 4. The fourth-order valence-electron chi connectivity index (χ4n) is 16.8. The number of hydrogen-bond donors (Lipinski definition) is 0. The molecule has 22 aromatic rings. The van der Waals surface area contributed by atoms with Crippen molar-refractivity contribution in [2.75, 3.05) is 0 Å². The molecule has 0 aliphatic heterocycles. The van der Waals surface area contributed by atoms with E-state index in [9.17, 15) is 0 Å². The van der Waals surface area contributed by atoms with Gasteiger partial charge in [-0.1, -0.05) is 279 Å². The van der Waals surface area contributed by atoms with Crippen molar-refractivity contribution in [2.24, 2.45) is 0 Å². The lowest BCUT2D eigenvalue weighted by atomic mass is 9.98. The molecule has 0 fully saturated rings. The van der Waals surface area contributed by atoms with Crippen molar-refractivity contribution in [3.05, 3.63) is 388 Å². The predicted molar refractivity (Wildman–Crippen MR) is 442 cm³/mol. The van der Waals surface area contributed by atoms with E-state index in [0.29, 0.717) is 0 Å². The first-order chi connectivity index (χ1) is 51.6. The summed E-state index contributed by atoms with van der Waals surface area (Å²) in [5.74, 6) is 0. The zero-order chi connectivity index (χ0) is 68.3. The predicted octanol–water partition coefficient (Wildman–Crippen LogP) is 27.0. The first-order valence-electron chi connectivity index (χ1n) is 35.9. The van der Waals surface area contributed by atoms with Crippen molar-refractivity contribution >= 4 is 130 Å². The van der Waals surface area contributed by atoms with Crippen LogP contribution in [0.4, 0.5) is 0 Å². The summed E-state index contributed by atoms with van der Waals surface area (Å²) >= 11 is 0. The summed E-state index contributed by atoms with van der Waals surface area (Å²) in [6, 6.07) is 142. The smallest absolute Gasteiger partial charge is 0.0541 e. The zero-order valence-corrected chi connectivity index (χ0v) is 56.7. The highest BCUT2D eigenvalue weighted by molar-refractivity contribution is 6.15. The summed E-state index contributed by atoms with van der Waals surface area (Å²) < 4.78 is 9.65. The van der Waals surface area contributed by atoms with Gasteiger partial charge in [-0.2, -0.15) is 0 Å². The van der Waals surface area contributed by atoms with Gasteiger partial charge >= 0.3 is 0 Å². The van der Waals surface area contributed by atoms with Crippen LogP contribution < -0.4 is 0 Å². The van der Waals surface area contributed by atoms with Crippen LogP contribution in [0.3, 0.4) is 0 Å². The average molecular weight is 1320 g/mol. The lowest BCUT2D eigenvalue weighted by molar-refractivity contribution is 1.19. The highest BCUT2D eigenvalue weighted by atomic mass is 15.0. The topological polar surface area (TPSA) is 19.7 Å². The highest BCUT2D eigenvalue weighted by Gasteiger charge is 2.20. The quantitative estimate of drug-likeness (QED) is 0.144. The van der Waals surface area contributed by atoms with Crippen molar-refractivity contribution in [2.45, 2.75) is 0 Å². The Morgan fingerprint density at radius 2 is 0.365 bits per heavy atom. The van der Waals surface area contributed by atoms with Gasteiger partial charge in [0.25, 0.3) is 0 Å². The first kappa shape index (κ1) is 59.1. The van der Waals surface area contributed by atoms with Gasteiger partial charge in [-0.25, -0.2) is 0 Å². The fraction of sp³-hybridized carbons (Fsp3) is 0. The molecule has 0 radical (unpaired) electrons. The minimum absolute atomic E-state index is 1.18. The molecule has 104 heavy (non-hydrogen) atoms. The lowest BCUT2D eigenvalue weighted by Crippen LogP contribution is -1.95. The molecule has 0 amide bonds. The van der Waals surface area contributed by atoms with Crippen LogP contribution >= 0.6 is 0 Å². The molecule has 18 aromatic carbocycles. The molecule has 0 bridgehead atoms. The minimum Gasteiger partial charge on any atom is -0.309 e. The van der Waals surface area contributed by atoms with E-state index in [4.69, 9.17) is 0 Å². The molecule has 0 unspecified atom stereocenters. The summed E-state index contributed by atoms with van der Waals surface area (Å²) in [6.45, 7) is 0. The summed E-state index contributed by atoms with van der Waals surface area (Å²) in [4.78, 5) is 0. The fourth-order valence-corrected chi connectivity index (χ4v) is 16.8. The summed E-state index contributed by atoms with van der Waals surface area (Å²) in [7, 11) is 0. The van der Waals surface area contributed by atoms with E-state index in [1.807, 2.05) is 0 Å². The van der Waals surface area contributed by atoms with Gasteiger partial charge in [0.1, 0.15) is 0 Å². The number of hydrogen-bond acceptors (Lipinski definition) is 0. The molecule has 0 aliphatic carbocycles. The molecule has 22 rings (SSSR count). The van der Waals surface area contributed by atoms with E-state index in [2.05, 4.69) is 407 Å². The summed E-state index contributed by atoms with van der Waals surface area (Å²) in [5, 5.41) is 20.1. The maximum atomic E-state index is 2.42. The Bertz CT molecular complexity index is 6780. The number of rotatable bonds is 8. The molecular weight excluding hydrogens is 1260 g/mol. The number of para-hydroxylation sites is 4. The number of fused-ring (bicyclic) bond motifs is 16. The van der Waals surface area contributed by atoms with Gasteiger partial charge in [0.15, 0.2) is 0 Å². The normalized spacial score (nSPS) is 11.8. The van der Waals surface area contributed by atoms with Crippen molar-refractivity contribution < 1.29 is 0 Å². The lowest BCUT2D eigenvalue weighted by Gasteiger charge is -2.12. The van der Waals surface area contributed by atoms with Crippen LogP contribution in [0.2, 0.25) is 0 Å². The molecule has 4 nitrogen and oxygen atoms in total. The second kappa shape index (κ2) is 24.0. The third-order valence-corrected chi connectivity index (χ3v) is 21.8. The van der Waals surface area contributed by atoms with Crippen LogP contribution in [0.25, 0.3) is 198 Å². The third kappa shape index (κ3) is 9.61. The molecule has 0 atom stereocenters. The Balaban J connectivity index is 0.000000134. The second-order valence-electron chi connectivity index (χ2n) is 27.6. The maximum absolute atomic E-state index is 2.42. The van der Waals surface area contributed by atoms with Gasteiger partial charge in [-0.05, 0) is 186 Å². The van der Waals surface area contributed by atoms with Crippen LogP contribution in [0, 0.1) is 0 Å². The first-order valence-corrected chi connectivity index (χ1v) is 35.9. The number of benzene rings is 18. The van der Waals surface area contributed by atoms with Gasteiger partial charge in [0, 0.05) is 65.2 Å².